The number of aryl methyl sites for hydroxylation is 2. The monoisotopic (exact) mass is 498 g/mol. The maximum absolute atomic E-state index is 6.05. The highest BCUT2D eigenvalue weighted by Gasteiger charge is 2.25. The van der Waals surface area contributed by atoms with Gasteiger partial charge in [-0.25, -0.2) is 0 Å². The fourth-order valence-corrected chi connectivity index (χ4v) is 3.40. The van der Waals surface area contributed by atoms with Gasteiger partial charge in [-0.05, 0) is 30.9 Å². The zero-order valence-corrected chi connectivity index (χ0v) is 19.7. The molecule has 28 heavy (non-hydrogen) atoms. The van der Waals surface area contributed by atoms with Gasteiger partial charge in [-0.1, -0.05) is 42.8 Å². The topological polar surface area (TPSA) is 62.9 Å². The van der Waals surface area contributed by atoms with Crippen LogP contribution in [0, 0.1) is 13.8 Å². The number of morpholine rings is 1. The fraction of sp³-hybridized carbons (Fsp3) is 0.524. The third kappa shape index (κ3) is 5.47. The largest absolute Gasteiger partial charge is 0.370 e. The van der Waals surface area contributed by atoms with Gasteiger partial charge in [-0.3, -0.25) is 4.99 Å². The van der Waals surface area contributed by atoms with Crippen molar-refractivity contribution in [3.63, 3.8) is 0 Å². The molecule has 1 atom stereocenters. The molecule has 1 aliphatic heterocycles. The predicted molar refractivity (Wildman–Crippen MR) is 122 cm³/mol. The van der Waals surface area contributed by atoms with E-state index in [2.05, 4.69) is 66.3 Å². The lowest BCUT2D eigenvalue weighted by Crippen LogP contribution is -2.48. The first kappa shape index (κ1) is 22.7. The summed E-state index contributed by atoms with van der Waals surface area (Å²) in [6.45, 7) is 11.3. The van der Waals surface area contributed by atoms with Gasteiger partial charge < -0.3 is 19.5 Å². The summed E-state index contributed by atoms with van der Waals surface area (Å²) in [4.78, 5) is 6.69. The van der Waals surface area contributed by atoms with Crippen molar-refractivity contribution < 1.29 is 9.26 Å². The number of rotatable bonds is 4. The van der Waals surface area contributed by atoms with Gasteiger partial charge in [0, 0.05) is 19.7 Å². The molecular weight excluding hydrogens is 467 g/mol. The van der Waals surface area contributed by atoms with E-state index in [9.17, 15) is 0 Å². The molecule has 0 saturated carbocycles. The molecule has 1 aromatic heterocycles. The minimum absolute atomic E-state index is 0. The standard InChI is InChI=1S/C21H30N4O2.HI/c1-14(2)19-11-17(27-24-19)12-23-21(22-5)25-8-9-26-20(13-25)18-7-6-15(3)10-16(18)4;/h6-7,10-11,14,20H,8-9,12-13H2,1-5H3,(H,22,23);1H. The van der Waals surface area contributed by atoms with Gasteiger partial charge >= 0.3 is 0 Å². The summed E-state index contributed by atoms with van der Waals surface area (Å²) in [6.07, 6.45) is 0.0516. The van der Waals surface area contributed by atoms with Crippen molar-refractivity contribution in [1.82, 2.24) is 15.4 Å². The number of halogens is 1. The minimum Gasteiger partial charge on any atom is -0.370 e. The van der Waals surface area contributed by atoms with Crippen molar-refractivity contribution in [2.45, 2.75) is 46.3 Å². The van der Waals surface area contributed by atoms with Crippen LogP contribution in [0.5, 0.6) is 0 Å². The van der Waals surface area contributed by atoms with E-state index in [0.717, 1.165) is 30.5 Å². The van der Waals surface area contributed by atoms with Crippen LogP contribution in [-0.2, 0) is 11.3 Å². The Morgan fingerprint density at radius 3 is 2.75 bits per heavy atom. The first-order chi connectivity index (χ1) is 13.0. The lowest BCUT2D eigenvalue weighted by atomic mass is 10.00. The molecule has 6 nitrogen and oxygen atoms in total. The Balaban J connectivity index is 0.00000280. The summed E-state index contributed by atoms with van der Waals surface area (Å²) in [5.41, 5.74) is 4.77. The van der Waals surface area contributed by atoms with Crippen LogP contribution < -0.4 is 5.32 Å². The molecule has 1 aliphatic rings. The molecule has 1 aromatic carbocycles. The van der Waals surface area contributed by atoms with Gasteiger partial charge in [0.1, 0.15) is 6.10 Å². The molecule has 3 rings (SSSR count). The molecule has 2 aromatic rings. The van der Waals surface area contributed by atoms with Crippen molar-refractivity contribution >= 4 is 29.9 Å². The number of benzene rings is 1. The van der Waals surface area contributed by atoms with Crippen molar-refractivity contribution in [1.29, 1.82) is 0 Å². The molecular formula is C21H31IN4O2. The van der Waals surface area contributed by atoms with Crippen LogP contribution >= 0.6 is 24.0 Å². The van der Waals surface area contributed by atoms with Crippen LogP contribution in [0.1, 0.15) is 54.0 Å². The van der Waals surface area contributed by atoms with Crippen molar-refractivity contribution in [3.8, 4) is 0 Å². The van der Waals surface area contributed by atoms with Gasteiger partial charge in [0.25, 0.3) is 0 Å². The van der Waals surface area contributed by atoms with Gasteiger partial charge in [-0.15, -0.1) is 24.0 Å². The summed E-state index contributed by atoms with van der Waals surface area (Å²) in [5, 5.41) is 7.50. The van der Waals surface area contributed by atoms with E-state index in [0.29, 0.717) is 19.1 Å². The van der Waals surface area contributed by atoms with E-state index < -0.39 is 0 Å². The van der Waals surface area contributed by atoms with E-state index in [1.54, 1.807) is 0 Å². The highest BCUT2D eigenvalue weighted by molar-refractivity contribution is 14.0. The summed E-state index contributed by atoms with van der Waals surface area (Å²) < 4.78 is 11.5. The number of guanidine groups is 1. The van der Waals surface area contributed by atoms with Crippen LogP contribution in [0.4, 0.5) is 0 Å². The highest BCUT2D eigenvalue weighted by Crippen LogP contribution is 2.26. The zero-order valence-electron chi connectivity index (χ0n) is 17.4. The summed E-state index contributed by atoms with van der Waals surface area (Å²) in [7, 11) is 1.81. The van der Waals surface area contributed by atoms with Crippen LogP contribution in [0.15, 0.2) is 33.8 Å². The number of hydrogen-bond acceptors (Lipinski definition) is 4. The molecule has 1 saturated heterocycles. The molecule has 0 spiro atoms. The maximum atomic E-state index is 6.05. The maximum Gasteiger partial charge on any atom is 0.194 e. The lowest BCUT2D eigenvalue weighted by molar-refractivity contribution is -0.00837. The Bertz CT molecular complexity index is 803. The second kappa shape index (κ2) is 10.2. The van der Waals surface area contributed by atoms with Gasteiger partial charge in [-0.2, -0.15) is 0 Å². The summed E-state index contributed by atoms with van der Waals surface area (Å²) in [5.74, 6) is 2.04. The average Bonchev–Trinajstić information content (AvgIpc) is 3.12. The van der Waals surface area contributed by atoms with Crippen LogP contribution in [0.25, 0.3) is 0 Å². The number of ether oxygens (including phenoxy) is 1. The highest BCUT2D eigenvalue weighted by atomic mass is 127. The molecule has 0 aliphatic carbocycles. The fourth-order valence-electron chi connectivity index (χ4n) is 3.40. The minimum atomic E-state index is 0. The van der Waals surface area contributed by atoms with Crippen LogP contribution in [-0.4, -0.2) is 42.8 Å². The van der Waals surface area contributed by atoms with E-state index >= 15 is 0 Å². The predicted octanol–water partition coefficient (Wildman–Crippen LogP) is 4.18. The molecule has 1 unspecified atom stereocenters. The molecule has 154 valence electrons. The molecule has 0 radical (unpaired) electrons. The number of nitrogens with one attached hydrogen (secondary N) is 1. The molecule has 0 bridgehead atoms. The van der Waals surface area contributed by atoms with Crippen LogP contribution in [0.3, 0.4) is 0 Å². The van der Waals surface area contributed by atoms with Crippen molar-refractivity contribution in [2.75, 3.05) is 26.7 Å². The van der Waals surface area contributed by atoms with Gasteiger partial charge in [0.15, 0.2) is 11.7 Å². The second-order valence-electron chi connectivity index (χ2n) is 7.44. The first-order valence-corrected chi connectivity index (χ1v) is 9.57. The molecule has 1 fully saturated rings. The SMILES string of the molecule is CN=C(NCc1cc(C(C)C)no1)N1CCOC(c2ccc(C)cc2C)C1.I. The summed E-state index contributed by atoms with van der Waals surface area (Å²) in [6, 6.07) is 8.54. The summed E-state index contributed by atoms with van der Waals surface area (Å²) >= 11 is 0. The van der Waals surface area contributed by atoms with Crippen molar-refractivity contribution in [3.05, 3.63) is 52.4 Å². The first-order valence-electron chi connectivity index (χ1n) is 9.57. The lowest BCUT2D eigenvalue weighted by Gasteiger charge is -2.35. The number of aliphatic imine (C=N–C) groups is 1. The zero-order chi connectivity index (χ0) is 19.4. The van der Waals surface area contributed by atoms with Crippen molar-refractivity contribution in [2.24, 2.45) is 4.99 Å². The Kier molecular flexibility index (Phi) is 8.30. The second-order valence-corrected chi connectivity index (χ2v) is 7.44. The Labute approximate surface area is 184 Å². The van der Waals surface area contributed by atoms with E-state index in [1.807, 2.05) is 13.1 Å². The van der Waals surface area contributed by atoms with Crippen LogP contribution in [0.2, 0.25) is 0 Å². The van der Waals surface area contributed by atoms with Gasteiger partial charge in [0.2, 0.25) is 0 Å². The number of nitrogens with zero attached hydrogens (tertiary/aromatic N) is 3. The molecule has 0 amide bonds. The quantitative estimate of drug-likeness (QED) is 0.390. The average molecular weight is 498 g/mol. The number of aromatic nitrogens is 1. The normalized spacial score (nSPS) is 17.6. The van der Waals surface area contributed by atoms with E-state index in [-0.39, 0.29) is 30.1 Å². The van der Waals surface area contributed by atoms with E-state index in [1.165, 1.54) is 16.7 Å². The molecule has 1 N–H and O–H groups in total. The number of hydrogen-bond donors (Lipinski definition) is 1. The van der Waals surface area contributed by atoms with Gasteiger partial charge in [0.05, 0.1) is 25.4 Å². The Hall–Kier alpha value is -1.61. The molecule has 2 heterocycles. The Morgan fingerprint density at radius 2 is 2.11 bits per heavy atom. The Morgan fingerprint density at radius 1 is 1.32 bits per heavy atom. The third-order valence-corrected chi connectivity index (χ3v) is 4.94. The third-order valence-electron chi connectivity index (χ3n) is 4.94. The van der Waals surface area contributed by atoms with E-state index in [4.69, 9.17) is 9.26 Å². The molecule has 7 heteroatoms. The smallest absolute Gasteiger partial charge is 0.194 e.